The highest BCUT2D eigenvalue weighted by Crippen LogP contribution is 2.39. The van der Waals surface area contributed by atoms with Crippen LogP contribution in [0.5, 0.6) is 0 Å². The van der Waals surface area contributed by atoms with Crippen molar-refractivity contribution in [2.45, 2.75) is 38.0 Å². The first-order chi connectivity index (χ1) is 13.3. The van der Waals surface area contributed by atoms with Gasteiger partial charge in [0.15, 0.2) is 0 Å². The Morgan fingerprint density at radius 2 is 1.96 bits per heavy atom. The Bertz CT molecular complexity index is 800. The van der Waals surface area contributed by atoms with E-state index in [-0.39, 0.29) is 5.91 Å². The van der Waals surface area contributed by atoms with Crippen LogP contribution < -0.4 is 4.90 Å². The summed E-state index contributed by atoms with van der Waals surface area (Å²) < 4.78 is 5.32. The number of aromatic nitrogens is 2. The van der Waals surface area contributed by atoms with Gasteiger partial charge in [0.25, 0.3) is 0 Å². The van der Waals surface area contributed by atoms with Crippen molar-refractivity contribution < 1.29 is 9.53 Å². The van der Waals surface area contributed by atoms with Gasteiger partial charge >= 0.3 is 0 Å². The van der Waals surface area contributed by atoms with Gasteiger partial charge in [-0.25, -0.2) is 9.97 Å². The molecule has 6 nitrogen and oxygen atoms in total. The van der Waals surface area contributed by atoms with Crippen molar-refractivity contribution in [1.82, 2.24) is 14.9 Å². The van der Waals surface area contributed by atoms with Gasteiger partial charge in [0.2, 0.25) is 5.91 Å². The lowest BCUT2D eigenvalue weighted by Gasteiger charge is -2.26. The topological polar surface area (TPSA) is 58.6 Å². The van der Waals surface area contributed by atoms with Gasteiger partial charge in [0.05, 0.1) is 12.1 Å². The Labute approximate surface area is 160 Å². The standard InChI is InChI=1S/C21H28N4O2/c1-27-15-14-25(13-10-19(26)24-11-4-5-12-24)21-17-6-2-3-7-18(17)22-20(23-21)16-8-9-16/h2-3,6-7,16H,4-5,8-15H2,1H3. The Hall–Kier alpha value is -2.21. The van der Waals surface area contributed by atoms with Crippen molar-refractivity contribution >= 4 is 22.6 Å². The van der Waals surface area contributed by atoms with Gasteiger partial charge < -0.3 is 14.5 Å². The average Bonchev–Trinajstić information content (AvgIpc) is 3.41. The van der Waals surface area contributed by atoms with Crippen LogP contribution in [0.3, 0.4) is 0 Å². The van der Waals surface area contributed by atoms with E-state index in [0.29, 0.717) is 25.5 Å². The molecule has 1 aromatic heterocycles. The van der Waals surface area contributed by atoms with E-state index in [0.717, 1.165) is 55.0 Å². The monoisotopic (exact) mass is 368 g/mol. The van der Waals surface area contributed by atoms with Crippen molar-refractivity contribution in [3.05, 3.63) is 30.1 Å². The molecule has 0 spiro atoms. The van der Waals surface area contributed by atoms with Crippen LogP contribution >= 0.6 is 0 Å². The molecule has 0 unspecified atom stereocenters. The third kappa shape index (κ3) is 4.21. The van der Waals surface area contributed by atoms with Crippen LogP contribution in [0.4, 0.5) is 5.82 Å². The molecule has 4 rings (SSSR count). The van der Waals surface area contributed by atoms with E-state index in [2.05, 4.69) is 17.0 Å². The minimum absolute atomic E-state index is 0.246. The number of hydrogen-bond acceptors (Lipinski definition) is 5. The number of benzene rings is 1. The number of para-hydroxylation sites is 1. The van der Waals surface area contributed by atoms with Gasteiger partial charge in [-0.05, 0) is 37.8 Å². The van der Waals surface area contributed by atoms with Crippen molar-refractivity contribution in [2.24, 2.45) is 0 Å². The molecular weight excluding hydrogens is 340 g/mol. The fourth-order valence-corrected chi connectivity index (χ4v) is 3.72. The third-order valence-corrected chi connectivity index (χ3v) is 5.46. The van der Waals surface area contributed by atoms with Crippen LogP contribution in [-0.4, -0.2) is 60.7 Å². The highest BCUT2D eigenvalue weighted by Gasteiger charge is 2.28. The molecule has 1 saturated heterocycles. The fraction of sp³-hybridized carbons (Fsp3) is 0.571. The Balaban J connectivity index is 1.59. The normalized spacial score (nSPS) is 16.9. The zero-order chi connectivity index (χ0) is 18.6. The number of carbonyl (C=O) groups excluding carboxylic acids is 1. The summed E-state index contributed by atoms with van der Waals surface area (Å²) in [7, 11) is 1.71. The van der Waals surface area contributed by atoms with Crippen LogP contribution in [0, 0.1) is 0 Å². The van der Waals surface area contributed by atoms with E-state index < -0.39 is 0 Å². The van der Waals surface area contributed by atoms with Crippen molar-refractivity contribution in [2.75, 3.05) is 44.8 Å². The first-order valence-corrected chi connectivity index (χ1v) is 10.0. The molecular formula is C21H28N4O2. The number of anilines is 1. The summed E-state index contributed by atoms with van der Waals surface area (Å²) >= 11 is 0. The number of fused-ring (bicyclic) bond motifs is 1. The van der Waals surface area contributed by atoms with E-state index in [1.165, 1.54) is 12.8 Å². The van der Waals surface area contributed by atoms with Crippen LogP contribution in [0.2, 0.25) is 0 Å². The molecule has 1 amide bonds. The summed E-state index contributed by atoms with van der Waals surface area (Å²) in [5.41, 5.74) is 0.984. The maximum Gasteiger partial charge on any atom is 0.224 e. The first kappa shape index (κ1) is 18.2. The Kier molecular flexibility index (Phi) is 5.53. The molecule has 1 saturated carbocycles. The van der Waals surface area contributed by atoms with E-state index in [1.807, 2.05) is 17.0 Å². The van der Waals surface area contributed by atoms with Gasteiger partial charge in [-0.2, -0.15) is 0 Å². The SMILES string of the molecule is COCCN(CCC(=O)N1CCCC1)c1nc(C2CC2)nc2ccccc12. The number of likely N-dealkylation sites (tertiary alicyclic amines) is 1. The smallest absolute Gasteiger partial charge is 0.224 e. The molecule has 1 aliphatic carbocycles. The summed E-state index contributed by atoms with van der Waals surface area (Å²) in [6.45, 7) is 3.78. The summed E-state index contributed by atoms with van der Waals surface area (Å²) in [4.78, 5) is 26.4. The highest BCUT2D eigenvalue weighted by molar-refractivity contribution is 5.90. The van der Waals surface area contributed by atoms with Crippen LogP contribution in [0.1, 0.15) is 43.8 Å². The highest BCUT2D eigenvalue weighted by atomic mass is 16.5. The molecule has 0 atom stereocenters. The number of amides is 1. The van der Waals surface area contributed by atoms with Crippen LogP contribution in [0.25, 0.3) is 10.9 Å². The minimum Gasteiger partial charge on any atom is -0.383 e. The second kappa shape index (κ2) is 8.21. The van der Waals surface area contributed by atoms with Crippen molar-refractivity contribution in [3.63, 3.8) is 0 Å². The number of hydrogen-bond donors (Lipinski definition) is 0. The van der Waals surface area contributed by atoms with E-state index in [4.69, 9.17) is 14.7 Å². The fourth-order valence-electron chi connectivity index (χ4n) is 3.72. The lowest BCUT2D eigenvalue weighted by molar-refractivity contribution is -0.129. The maximum atomic E-state index is 12.5. The maximum absolute atomic E-state index is 12.5. The molecule has 144 valence electrons. The van der Waals surface area contributed by atoms with Crippen LogP contribution in [-0.2, 0) is 9.53 Å². The largest absolute Gasteiger partial charge is 0.383 e. The molecule has 1 aliphatic heterocycles. The predicted molar refractivity (Wildman–Crippen MR) is 106 cm³/mol. The molecule has 0 bridgehead atoms. The third-order valence-electron chi connectivity index (χ3n) is 5.46. The van der Waals surface area contributed by atoms with Gasteiger partial charge in [-0.1, -0.05) is 12.1 Å². The zero-order valence-corrected chi connectivity index (χ0v) is 16.1. The van der Waals surface area contributed by atoms with E-state index in [1.54, 1.807) is 7.11 Å². The van der Waals surface area contributed by atoms with Gasteiger partial charge in [0, 0.05) is 51.0 Å². The molecule has 2 heterocycles. The lowest BCUT2D eigenvalue weighted by atomic mass is 10.2. The molecule has 27 heavy (non-hydrogen) atoms. The number of carbonyl (C=O) groups is 1. The number of ether oxygens (including phenoxy) is 1. The Morgan fingerprint density at radius 3 is 2.70 bits per heavy atom. The summed E-state index contributed by atoms with van der Waals surface area (Å²) in [5, 5.41) is 1.05. The molecule has 0 radical (unpaired) electrons. The van der Waals surface area contributed by atoms with Gasteiger partial charge in [-0.3, -0.25) is 4.79 Å². The quantitative estimate of drug-likeness (QED) is 0.717. The van der Waals surface area contributed by atoms with Gasteiger partial charge in [-0.15, -0.1) is 0 Å². The van der Waals surface area contributed by atoms with Gasteiger partial charge in [0.1, 0.15) is 11.6 Å². The predicted octanol–water partition coefficient (Wildman–Crippen LogP) is 2.97. The summed E-state index contributed by atoms with van der Waals surface area (Å²) in [6.07, 6.45) is 5.11. The van der Waals surface area contributed by atoms with E-state index in [9.17, 15) is 4.79 Å². The number of methoxy groups -OCH3 is 1. The number of rotatable bonds is 8. The van der Waals surface area contributed by atoms with Crippen molar-refractivity contribution in [3.8, 4) is 0 Å². The molecule has 2 fully saturated rings. The minimum atomic E-state index is 0.246. The second-order valence-corrected chi connectivity index (χ2v) is 7.51. The lowest BCUT2D eigenvalue weighted by Crippen LogP contribution is -2.35. The number of nitrogens with zero attached hydrogens (tertiary/aromatic N) is 4. The molecule has 2 aromatic rings. The zero-order valence-electron chi connectivity index (χ0n) is 16.1. The van der Waals surface area contributed by atoms with E-state index >= 15 is 0 Å². The van der Waals surface area contributed by atoms with Crippen LogP contribution in [0.15, 0.2) is 24.3 Å². The second-order valence-electron chi connectivity index (χ2n) is 7.51. The molecule has 6 heteroatoms. The first-order valence-electron chi connectivity index (χ1n) is 10.0. The summed E-state index contributed by atoms with van der Waals surface area (Å²) in [5.74, 6) is 2.62. The summed E-state index contributed by atoms with van der Waals surface area (Å²) in [6, 6.07) is 8.17. The average molecular weight is 368 g/mol. The van der Waals surface area contributed by atoms with Crippen molar-refractivity contribution in [1.29, 1.82) is 0 Å². The molecule has 0 N–H and O–H groups in total. The Morgan fingerprint density at radius 1 is 1.19 bits per heavy atom. The molecule has 2 aliphatic rings. The molecule has 1 aromatic carbocycles.